The van der Waals surface area contributed by atoms with Gasteiger partial charge in [0.2, 0.25) is 0 Å². The van der Waals surface area contributed by atoms with Gasteiger partial charge in [-0.15, -0.1) is 161 Å². The third-order valence-electron chi connectivity index (χ3n) is 27.0. The minimum Gasteiger partial charge on any atom is -0.367 e. The van der Waals surface area contributed by atoms with E-state index in [2.05, 4.69) is 464 Å². The topological polar surface area (TPSA) is 107 Å². The van der Waals surface area contributed by atoms with Crippen LogP contribution in [0.4, 0.5) is 0 Å². The predicted octanol–water partition coefficient (Wildman–Crippen LogP) is 31.0. The van der Waals surface area contributed by atoms with E-state index in [1.807, 2.05) is 91.4 Å². The summed E-state index contributed by atoms with van der Waals surface area (Å²) in [5, 5.41) is 6.89. The minimum atomic E-state index is 0. The van der Waals surface area contributed by atoms with E-state index in [1.165, 1.54) is 66.6 Å². The molecule has 15 heteroatoms. The van der Waals surface area contributed by atoms with Crippen LogP contribution in [-0.2, 0) is 84.3 Å². The second-order valence-electron chi connectivity index (χ2n) is 35.3. The maximum Gasteiger partial charge on any atom is 2.00 e. The summed E-state index contributed by atoms with van der Waals surface area (Å²) in [5.41, 5.74) is 37.8. The van der Waals surface area contributed by atoms with E-state index in [9.17, 15) is 0 Å². The number of aromatic nitrogens is 12. The van der Waals surface area contributed by atoms with Gasteiger partial charge < -0.3 is 42.4 Å². The number of hydrogen-bond donors (Lipinski definition) is 0. The molecule has 690 valence electrons. The quantitative estimate of drug-likeness (QED) is 0.0947. The zero-order valence-corrected chi connectivity index (χ0v) is 84.9. The van der Waals surface area contributed by atoms with E-state index < -0.39 is 0 Å². The van der Waals surface area contributed by atoms with Gasteiger partial charge >= 0.3 is 63.2 Å². The largest absolute Gasteiger partial charge is 2.00 e. The van der Waals surface area contributed by atoms with E-state index in [0.29, 0.717) is 0 Å². The maximum atomic E-state index is 5.00. The molecule has 9 heterocycles. The molecule has 27 aromatic rings. The van der Waals surface area contributed by atoms with Crippen LogP contribution in [0.1, 0.15) is 0 Å². The first-order valence-corrected chi connectivity index (χ1v) is 47.2. The Bertz CT molecular complexity index is 9250. The van der Waals surface area contributed by atoms with Crippen molar-refractivity contribution in [2.45, 2.75) is 0 Å². The van der Waals surface area contributed by atoms with Crippen molar-refractivity contribution in [3.05, 3.63) is 492 Å². The van der Waals surface area contributed by atoms with Gasteiger partial charge in [0.1, 0.15) is 0 Å². The molecule has 0 aliphatic carbocycles. The van der Waals surface area contributed by atoms with Crippen LogP contribution in [0.15, 0.2) is 455 Å². The molecule has 0 fully saturated rings. The number of imidazole rings is 3. The average molecular weight is 2390 g/mol. The Kier molecular flexibility index (Phi) is 25.5. The number of rotatable bonds is 15. The number of nitrogens with zero attached hydrogens (tertiary/aromatic N) is 12. The van der Waals surface area contributed by atoms with Gasteiger partial charge in [-0.05, 0) is 206 Å². The van der Waals surface area contributed by atoms with Crippen LogP contribution in [0.2, 0.25) is 0 Å². The fourth-order valence-electron chi connectivity index (χ4n) is 20.0. The Morgan fingerprint density at radius 2 is 0.500 bits per heavy atom. The van der Waals surface area contributed by atoms with Crippen LogP contribution in [0.25, 0.3) is 250 Å². The molecular weight excluding hydrogens is 2300 g/mol. The molecule has 27 rings (SSSR count). The Labute approximate surface area is 876 Å². The second kappa shape index (κ2) is 39.8. The second-order valence-corrected chi connectivity index (χ2v) is 35.3. The first kappa shape index (κ1) is 92.3. The molecule has 9 aromatic heterocycles. The Morgan fingerprint density at radius 1 is 0.194 bits per heavy atom. The number of hydrogen-bond acceptors (Lipinski definition) is 6. The molecule has 0 unspecified atom stereocenters. The number of aryl methyl sites for hydroxylation is 3. The van der Waals surface area contributed by atoms with Crippen LogP contribution >= 0.6 is 0 Å². The zero-order valence-electron chi connectivity index (χ0n) is 78.1. The van der Waals surface area contributed by atoms with Crippen molar-refractivity contribution in [2.75, 3.05) is 0 Å². The fourth-order valence-corrected chi connectivity index (χ4v) is 20.0. The van der Waals surface area contributed by atoms with Gasteiger partial charge in [-0.3, -0.25) is 15.0 Å². The summed E-state index contributed by atoms with van der Waals surface area (Å²) in [6, 6.07) is 175. The van der Waals surface area contributed by atoms with Crippen LogP contribution in [0.3, 0.4) is 0 Å². The molecule has 0 amide bonds. The molecule has 0 atom stereocenters. The summed E-state index contributed by atoms with van der Waals surface area (Å²) in [5.74, 6) is 2.65. The monoisotopic (exact) mass is 2390 g/mol. The van der Waals surface area contributed by atoms with Gasteiger partial charge in [0.05, 0.1) is 50.6 Å². The van der Waals surface area contributed by atoms with Crippen molar-refractivity contribution in [3.8, 4) is 152 Å². The molecular formula is C129H84N12Pt3. The average Bonchev–Trinajstić information content (AvgIpc) is 1.59. The van der Waals surface area contributed by atoms with Crippen molar-refractivity contribution in [1.82, 2.24) is 57.3 Å². The first-order valence-electron chi connectivity index (χ1n) is 47.2. The molecule has 0 aliphatic rings. The van der Waals surface area contributed by atoms with Crippen molar-refractivity contribution >= 4 is 98.5 Å². The normalized spacial score (nSPS) is 11.3. The smallest absolute Gasteiger partial charge is 0.367 e. The van der Waals surface area contributed by atoms with Gasteiger partial charge in [0.15, 0.2) is 0 Å². The van der Waals surface area contributed by atoms with Gasteiger partial charge in [-0.2, -0.15) is 0 Å². The first-order chi connectivity index (χ1) is 69.6. The minimum absolute atomic E-state index is 0. The van der Waals surface area contributed by atoms with E-state index in [-0.39, 0.29) is 63.2 Å². The molecule has 0 N–H and O–H groups in total. The molecule has 12 nitrogen and oxygen atoms in total. The molecule has 0 saturated carbocycles. The number of fused-ring (bicyclic) bond motifs is 12. The van der Waals surface area contributed by atoms with Crippen molar-refractivity contribution in [1.29, 1.82) is 0 Å². The Balaban J connectivity index is 0.000000122. The summed E-state index contributed by atoms with van der Waals surface area (Å²) < 4.78 is 13.3. The molecule has 0 radical (unpaired) electrons. The summed E-state index contributed by atoms with van der Waals surface area (Å²) >= 11 is 0. The van der Waals surface area contributed by atoms with Crippen LogP contribution in [0.5, 0.6) is 0 Å². The predicted molar refractivity (Wildman–Crippen MR) is 577 cm³/mol. The van der Waals surface area contributed by atoms with Crippen molar-refractivity contribution in [3.63, 3.8) is 0 Å². The third kappa shape index (κ3) is 17.2. The van der Waals surface area contributed by atoms with Gasteiger partial charge in [0, 0.05) is 56.3 Å². The summed E-state index contributed by atoms with van der Waals surface area (Å²) in [6.07, 6.45) is 5.46. The SMILES string of the molecule is Cn1c(-c2[c-]c3c(cc2)c2c(-c4ccc(-c5ccccc5)cc4)cccc2n3-c2[c-]c(-c3ccccn3)ccc2)nc2ccccc21.Cn1c(-c2[c-]c3c(cc2)c2cc(-c4ccc(-c5ccccc5)cc4)ccc2n3-c2[c-]c(-c3ccccn3)ccc2)nc2ccccc21.Cn1c(-c2[c-]c3c(cc2)c2ccc(-c4ccc(-c5ccccc5)cc4)cc2n3-c2[c-]c(-c3ccccn3)ccc2)nc2ccccc21.[Pt+2].[Pt+2].[Pt+2]. The molecule has 0 spiro atoms. The summed E-state index contributed by atoms with van der Waals surface area (Å²) in [4.78, 5) is 28.8. The van der Waals surface area contributed by atoms with Gasteiger partial charge in [-0.1, -0.05) is 289 Å². The maximum absolute atomic E-state index is 5.00. The molecule has 0 saturated heterocycles. The van der Waals surface area contributed by atoms with Crippen LogP contribution < -0.4 is 0 Å². The Morgan fingerprint density at radius 3 is 0.903 bits per heavy atom. The number of para-hydroxylation sites is 6. The van der Waals surface area contributed by atoms with E-state index >= 15 is 0 Å². The van der Waals surface area contributed by atoms with Gasteiger partial charge in [0.25, 0.3) is 0 Å². The van der Waals surface area contributed by atoms with Crippen LogP contribution in [0, 0.1) is 36.4 Å². The van der Waals surface area contributed by atoms with Crippen molar-refractivity contribution in [2.24, 2.45) is 21.1 Å². The summed E-state index contributed by atoms with van der Waals surface area (Å²) in [7, 11) is 6.20. The van der Waals surface area contributed by atoms with E-state index in [1.54, 1.807) is 0 Å². The molecule has 0 bridgehead atoms. The molecule has 0 aliphatic heterocycles. The molecule has 144 heavy (non-hydrogen) atoms. The fraction of sp³-hybridized carbons (Fsp3) is 0.0233. The van der Waals surface area contributed by atoms with Gasteiger partial charge in [-0.25, -0.2) is 0 Å². The molecule has 18 aromatic carbocycles. The number of pyridine rings is 3. The zero-order chi connectivity index (χ0) is 94.0. The Hall–Kier alpha value is -16.7. The van der Waals surface area contributed by atoms with Crippen molar-refractivity contribution < 1.29 is 63.2 Å². The van der Waals surface area contributed by atoms with E-state index in [0.717, 1.165) is 184 Å². The summed E-state index contributed by atoms with van der Waals surface area (Å²) in [6.45, 7) is 0. The third-order valence-corrected chi connectivity index (χ3v) is 27.0. The standard InChI is InChI=1S/3C43H28N4.3Pt/c1-46-39-18-6-5-17-38(39)45-43(46)33-24-25-36-41(28-33)47(34-14-9-13-32(27-34)37-16-7-8-26-44-37)40-19-10-15-35(42(36)40)31-22-20-30(21-23-31)29-11-3-2-4-12-29;1-46-41-16-6-5-15-39(41)45-43(46)34-21-23-36-37-27-32(31-19-17-30(18-20-31)29-10-3-2-4-11-29)22-24-40(37)47(42(36)28-34)35-13-9-12-33(26-35)38-14-7-8-25-44-38;1-46-40-16-6-5-15-39(40)45-43(46)34-22-24-37-36-23-21-32(31-19-17-30(18-20-31)29-10-3-2-4-11-29)27-41(36)47(42(37)28-34)35-13-9-12-33(26-35)38-14-7-8-25-44-38;;;/h2-26H,1H3;2*2-25,27H,1H3;;;/q3*-2;3*+2. The van der Waals surface area contributed by atoms with Crippen LogP contribution in [-0.4, -0.2) is 57.3 Å². The number of benzene rings is 18. The van der Waals surface area contributed by atoms with E-state index in [4.69, 9.17) is 15.0 Å².